The van der Waals surface area contributed by atoms with Crippen LogP contribution in [0.25, 0.3) is 17.0 Å². The summed E-state index contributed by atoms with van der Waals surface area (Å²) < 4.78 is 40.8. The third-order valence-electron chi connectivity index (χ3n) is 4.20. The van der Waals surface area contributed by atoms with E-state index in [2.05, 4.69) is 36.2 Å². The average molecular weight is 463 g/mol. The van der Waals surface area contributed by atoms with Crippen molar-refractivity contribution in [1.29, 1.82) is 0 Å². The number of alkyl halides is 3. The van der Waals surface area contributed by atoms with Gasteiger partial charge in [-0.05, 0) is 49.4 Å². The van der Waals surface area contributed by atoms with Gasteiger partial charge in [-0.2, -0.15) is 23.1 Å². The lowest BCUT2D eigenvalue weighted by atomic mass is 10.2. The van der Waals surface area contributed by atoms with Crippen LogP contribution in [-0.2, 0) is 6.18 Å². The third kappa shape index (κ3) is 3.88. The van der Waals surface area contributed by atoms with E-state index < -0.39 is 11.7 Å². The van der Waals surface area contributed by atoms with E-state index in [0.717, 1.165) is 27.6 Å². The predicted octanol–water partition coefficient (Wildman–Crippen LogP) is 5.23. The SMILES string of the molecule is Cc1nc2ccc(Br)cc2n1-c1nc(N)cc(Nc2ccc(C(F)(F)F)cc2)n1. The molecule has 4 rings (SSSR count). The number of imidazole rings is 1. The number of aryl methyl sites for hydroxylation is 1. The first kappa shape index (κ1) is 19.2. The van der Waals surface area contributed by atoms with Gasteiger partial charge in [0.2, 0.25) is 5.95 Å². The van der Waals surface area contributed by atoms with Crippen molar-refractivity contribution in [2.75, 3.05) is 11.1 Å². The Labute approximate surface area is 171 Å². The molecular weight excluding hydrogens is 449 g/mol. The molecule has 29 heavy (non-hydrogen) atoms. The van der Waals surface area contributed by atoms with Crippen LogP contribution in [0.15, 0.2) is 53.0 Å². The molecule has 0 spiro atoms. The molecule has 10 heteroatoms. The fraction of sp³-hybridized carbons (Fsp3) is 0.105. The molecule has 0 aliphatic heterocycles. The van der Waals surface area contributed by atoms with Crippen molar-refractivity contribution in [3.63, 3.8) is 0 Å². The second kappa shape index (κ2) is 7.03. The highest BCUT2D eigenvalue weighted by atomic mass is 79.9. The first-order chi connectivity index (χ1) is 13.7. The van der Waals surface area contributed by atoms with Gasteiger partial charge in [0, 0.05) is 16.2 Å². The number of nitrogens with one attached hydrogen (secondary N) is 1. The maximum atomic E-state index is 12.7. The fourth-order valence-electron chi connectivity index (χ4n) is 2.93. The van der Waals surface area contributed by atoms with E-state index in [1.165, 1.54) is 18.2 Å². The normalized spacial score (nSPS) is 11.8. The summed E-state index contributed by atoms with van der Waals surface area (Å²) in [5, 5.41) is 2.96. The highest BCUT2D eigenvalue weighted by Crippen LogP contribution is 2.30. The minimum atomic E-state index is -4.39. The molecule has 0 radical (unpaired) electrons. The van der Waals surface area contributed by atoms with E-state index >= 15 is 0 Å². The quantitative estimate of drug-likeness (QED) is 0.435. The summed E-state index contributed by atoms with van der Waals surface area (Å²) in [6, 6.07) is 11.8. The Hall–Kier alpha value is -3.14. The number of aromatic nitrogens is 4. The van der Waals surface area contributed by atoms with Crippen molar-refractivity contribution in [1.82, 2.24) is 19.5 Å². The number of benzene rings is 2. The minimum absolute atomic E-state index is 0.209. The number of hydrogen-bond acceptors (Lipinski definition) is 5. The molecule has 0 saturated carbocycles. The Morgan fingerprint density at radius 1 is 1.00 bits per heavy atom. The molecule has 6 nitrogen and oxygen atoms in total. The third-order valence-corrected chi connectivity index (χ3v) is 4.70. The van der Waals surface area contributed by atoms with E-state index in [9.17, 15) is 13.2 Å². The Balaban J connectivity index is 1.72. The fourth-order valence-corrected chi connectivity index (χ4v) is 3.28. The average Bonchev–Trinajstić information content (AvgIpc) is 2.96. The number of anilines is 3. The summed E-state index contributed by atoms with van der Waals surface area (Å²) in [5.74, 6) is 1.53. The molecule has 2 heterocycles. The zero-order chi connectivity index (χ0) is 20.8. The van der Waals surface area contributed by atoms with Crippen LogP contribution in [0.1, 0.15) is 11.4 Å². The van der Waals surface area contributed by atoms with Crippen LogP contribution in [0.2, 0.25) is 0 Å². The second-order valence-corrected chi connectivity index (χ2v) is 7.22. The molecule has 0 fully saturated rings. The zero-order valence-corrected chi connectivity index (χ0v) is 16.6. The Morgan fingerprint density at radius 2 is 1.72 bits per heavy atom. The van der Waals surface area contributed by atoms with E-state index in [4.69, 9.17) is 5.73 Å². The molecule has 2 aromatic heterocycles. The van der Waals surface area contributed by atoms with Crippen molar-refractivity contribution >= 4 is 44.3 Å². The number of nitrogen functional groups attached to an aromatic ring is 1. The summed E-state index contributed by atoms with van der Waals surface area (Å²) in [6.07, 6.45) is -4.39. The minimum Gasteiger partial charge on any atom is -0.383 e. The highest BCUT2D eigenvalue weighted by Gasteiger charge is 2.29. The topological polar surface area (TPSA) is 81.7 Å². The van der Waals surface area contributed by atoms with Gasteiger partial charge in [-0.1, -0.05) is 15.9 Å². The molecule has 4 aromatic rings. The van der Waals surface area contributed by atoms with Crippen molar-refractivity contribution in [3.8, 4) is 5.95 Å². The van der Waals surface area contributed by atoms with Crippen molar-refractivity contribution in [2.45, 2.75) is 13.1 Å². The number of nitrogens with zero attached hydrogens (tertiary/aromatic N) is 4. The van der Waals surface area contributed by atoms with Crippen LogP contribution < -0.4 is 11.1 Å². The lowest BCUT2D eigenvalue weighted by Crippen LogP contribution is -2.08. The zero-order valence-electron chi connectivity index (χ0n) is 15.0. The van der Waals surface area contributed by atoms with Crippen LogP contribution in [0, 0.1) is 6.92 Å². The molecule has 0 bridgehead atoms. The summed E-state index contributed by atoms with van der Waals surface area (Å²) in [6.45, 7) is 1.82. The standard InChI is InChI=1S/C19H14BrF3N6/c1-10-25-14-7-4-12(20)8-15(14)29(10)18-27-16(24)9-17(28-18)26-13-5-2-11(3-6-13)19(21,22)23/h2-9H,1H3,(H3,24,26,27,28). The number of rotatable bonds is 3. The first-order valence-electron chi connectivity index (χ1n) is 8.44. The predicted molar refractivity (Wildman–Crippen MR) is 108 cm³/mol. The van der Waals surface area contributed by atoms with Gasteiger partial charge < -0.3 is 11.1 Å². The monoisotopic (exact) mass is 462 g/mol. The van der Waals surface area contributed by atoms with Crippen molar-refractivity contribution < 1.29 is 13.2 Å². The van der Waals surface area contributed by atoms with E-state index in [1.807, 2.05) is 25.1 Å². The Morgan fingerprint density at radius 3 is 2.41 bits per heavy atom. The van der Waals surface area contributed by atoms with E-state index in [1.54, 1.807) is 4.57 Å². The molecule has 0 saturated heterocycles. The Kier molecular flexibility index (Phi) is 4.65. The summed E-state index contributed by atoms with van der Waals surface area (Å²) in [7, 11) is 0. The molecule has 0 unspecified atom stereocenters. The maximum absolute atomic E-state index is 12.7. The van der Waals surface area contributed by atoms with Crippen LogP contribution in [0.3, 0.4) is 0 Å². The first-order valence-corrected chi connectivity index (χ1v) is 9.24. The molecular formula is C19H14BrF3N6. The summed E-state index contributed by atoms with van der Waals surface area (Å²) in [5.41, 5.74) is 7.22. The number of nitrogens with two attached hydrogens (primary N) is 1. The molecule has 0 amide bonds. The van der Waals surface area contributed by atoms with Gasteiger partial charge in [0.05, 0.1) is 16.6 Å². The lowest BCUT2D eigenvalue weighted by molar-refractivity contribution is -0.137. The smallest absolute Gasteiger partial charge is 0.383 e. The van der Waals surface area contributed by atoms with Gasteiger partial charge >= 0.3 is 6.18 Å². The molecule has 0 atom stereocenters. The van der Waals surface area contributed by atoms with Gasteiger partial charge in [0.15, 0.2) is 0 Å². The van der Waals surface area contributed by atoms with Gasteiger partial charge in [-0.15, -0.1) is 0 Å². The molecule has 2 aromatic carbocycles. The van der Waals surface area contributed by atoms with Gasteiger partial charge in [0.1, 0.15) is 17.5 Å². The van der Waals surface area contributed by atoms with E-state index in [-0.39, 0.29) is 5.82 Å². The number of hydrogen-bond donors (Lipinski definition) is 2. The second-order valence-electron chi connectivity index (χ2n) is 6.31. The van der Waals surface area contributed by atoms with Crippen molar-refractivity contribution in [2.24, 2.45) is 0 Å². The van der Waals surface area contributed by atoms with Gasteiger partial charge in [-0.3, -0.25) is 4.57 Å². The number of halogens is 4. The van der Waals surface area contributed by atoms with Gasteiger partial charge in [-0.25, -0.2) is 4.98 Å². The largest absolute Gasteiger partial charge is 0.416 e. The Bertz CT molecular complexity index is 1200. The van der Waals surface area contributed by atoms with Crippen LogP contribution in [0.5, 0.6) is 0 Å². The van der Waals surface area contributed by atoms with Crippen LogP contribution in [0.4, 0.5) is 30.5 Å². The maximum Gasteiger partial charge on any atom is 0.416 e. The number of fused-ring (bicyclic) bond motifs is 1. The van der Waals surface area contributed by atoms with E-state index in [0.29, 0.717) is 23.3 Å². The van der Waals surface area contributed by atoms with Crippen molar-refractivity contribution in [3.05, 3.63) is 64.4 Å². The summed E-state index contributed by atoms with van der Waals surface area (Å²) >= 11 is 3.44. The van der Waals surface area contributed by atoms with Crippen LogP contribution >= 0.6 is 15.9 Å². The highest BCUT2D eigenvalue weighted by molar-refractivity contribution is 9.10. The lowest BCUT2D eigenvalue weighted by Gasteiger charge is -2.11. The van der Waals surface area contributed by atoms with Gasteiger partial charge in [0.25, 0.3) is 0 Å². The molecule has 0 aliphatic rings. The summed E-state index contributed by atoms with van der Waals surface area (Å²) in [4.78, 5) is 13.3. The van der Waals surface area contributed by atoms with Crippen LogP contribution in [-0.4, -0.2) is 19.5 Å². The molecule has 3 N–H and O–H groups in total. The molecule has 0 aliphatic carbocycles. The molecule has 148 valence electrons.